The molecule has 0 radical (unpaired) electrons. The number of nitriles is 1. The standard InChI is InChI=1S/C22H14BrFN6O/c23-13-5-1-12(2-6-13)20-18-17(15(9-25)21(26)31-22(18)30-29-20)16-10-27-28-19(16)11-3-7-14(24)8-4-11/h1-8,10,17H,26H2,(H,27,28)(H,29,30)/t17-/m1/s1. The number of ether oxygens (including phenoxy) is 1. The van der Waals surface area contributed by atoms with E-state index in [0.29, 0.717) is 28.4 Å². The second-order valence-corrected chi connectivity index (χ2v) is 7.87. The maximum Gasteiger partial charge on any atom is 0.244 e. The fourth-order valence-corrected chi connectivity index (χ4v) is 4.02. The van der Waals surface area contributed by atoms with Crippen LogP contribution in [-0.2, 0) is 0 Å². The molecule has 0 saturated heterocycles. The molecule has 9 heteroatoms. The van der Waals surface area contributed by atoms with Crippen molar-refractivity contribution in [3.8, 4) is 34.5 Å². The van der Waals surface area contributed by atoms with E-state index in [0.717, 1.165) is 15.6 Å². The van der Waals surface area contributed by atoms with Crippen molar-refractivity contribution in [2.24, 2.45) is 5.73 Å². The predicted octanol–water partition coefficient (Wildman–Crippen LogP) is 4.59. The van der Waals surface area contributed by atoms with Gasteiger partial charge in [-0.3, -0.25) is 10.2 Å². The first-order chi connectivity index (χ1) is 15.1. The van der Waals surface area contributed by atoms with E-state index in [1.807, 2.05) is 24.3 Å². The lowest BCUT2D eigenvalue weighted by Crippen LogP contribution is -2.21. The van der Waals surface area contributed by atoms with Gasteiger partial charge in [0.2, 0.25) is 11.8 Å². The number of halogens is 2. The van der Waals surface area contributed by atoms with Crippen LogP contribution >= 0.6 is 15.9 Å². The fraction of sp³-hybridized carbons (Fsp3) is 0.0455. The van der Waals surface area contributed by atoms with E-state index >= 15 is 0 Å². The quantitative estimate of drug-likeness (QED) is 0.399. The molecule has 4 aromatic rings. The molecule has 0 spiro atoms. The topological polar surface area (TPSA) is 116 Å². The van der Waals surface area contributed by atoms with Gasteiger partial charge in [-0.1, -0.05) is 28.1 Å². The van der Waals surface area contributed by atoms with Crippen molar-refractivity contribution in [2.75, 3.05) is 0 Å². The molecule has 0 fully saturated rings. The number of hydrogen-bond donors (Lipinski definition) is 3. The largest absolute Gasteiger partial charge is 0.420 e. The second-order valence-electron chi connectivity index (χ2n) is 6.96. The minimum atomic E-state index is -0.579. The number of nitrogens with one attached hydrogen (secondary N) is 2. The van der Waals surface area contributed by atoms with Gasteiger partial charge in [-0.05, 0) is 36.4 Å². The number of allylic oxidation sites excluding steroid dienone is 1. The van der Waals surface area contributed by atoms with E-state index in [-0.39, 0.29) is 17.3 Å². The Bertz CT molecular complexity index is 1350. The van der Waals surface area contributed by atoms with E-state index < -0.39 is 5.92 Å². The molecular weight excluding hydrogens is 463 g/mol. The highest BCUT2D eigenvalue weighted by Gasteiger charge is 2.37. The molecule has 31 heavy (non-hydrogen) atoms. The number of benzene rings is 2. The average Bonchev–Trinajstić information content (AvgIpc) is 3.41. The molecule has 1 atom stereocenters. The van der Waals surface area contributed by atoms with Gasteiger partial charge in [0.15, 0.2) is 0 Å². The smallest absolute Gasteiger partial charge is 0.244 e. The summed E-state index contributed by atoms with van der Waals surface area (Å²) in [5, 5.41) is 24.4. The van der Waals surface area contributed by atoms with Crippen molar-refractivity contribution < 1.29 is 9.13 Å². The summed E-state index contributed by atoms with van der Waals surface area (Å²) in [6.45, 7) is 0. The number of H-pyrrole nitrogens is 2. The Hall–Kier alpha value is -3.90. The molecular formula is C22H14BrFN6O. The van der Waals surface area contributed by atoms with Crippen LogP contribution in [0.2, 0.25) is 0 Å². The molecule has 1 aliphatic rings. The Labute approximate surface area is 184 Å². The molecule has 152 valence electrons. The van der Waals surface area contributed by atoms with Gasteiger partial charge in [0.25, 0.3) is 0 Å². The van der Waals surface area contributed by atoms with Gasteiger partial charge in [0, 0.05) is 21.2 Å². The number of hydrogen-bond acceptors (Lipinski definition) is 5. The number of aromatic amines is 2. The van der Waals surface area contributed by atoms with Gasteiger partial charge in [0.05, 0.1) is 29.1 Å². The third-order valence-corrected chi connectivity index (χ3v) is 5.71. The van der Waals surface area contributed by atoms with Gasteiger partial charge < -0.3 is 10.5 Å². The summed E-state index contributed by atoms with van der Waals surface area (Å²) in [5.74, 6) is -0.636. The first-order valence-electron chi connectivity index (χ1n) is 9.27. The van der Waals surface area contributed by atoms with Gasteiger partial charge >= 0.3 is 0 Å². The lowest BCUT2D eigenvalue weighted by molar-refractivity contribution is 0.379. The van der Waals surface area contributed by atoms with Gasteiger partial charge in [-0.2, -0.15) is 10.4 Å². The summed E-state index contributed by atoms with van der Waals surface area (Å²) in [7, 11) is 0. The molecule has 2 aromatic heterocycles. The van der Waals surface area contributed by atoms with E-state index in [2.05, 4.69) is 42.4 Å². The number of nitrogens with two attached hydrogens (primary N) is 1. The molecule has 0 saturated carbocycles. The van der Waals surface area contributed by atoms with E-state index in [1.54, 1.807) is 18.3 Å². The van der Waals surface area contributed by atoms with E-state index in [9.17, 15) is 9.65 Å². The summed E-state index contributed by atoms with van der Waals surface area (Å²) in [4.78, 5) is 0. The van der Waals surface area contributed by atoms with Gasteiger partial charge in [0.1, 0.15) is 17.5 Å². The number of rotatable bonds is 3. The minimum absolute atomic E-state index is 0.0138. The zero-order valence-electron chi connectivity index (χ0n) is 15.9. The number of aromatic nitrogens is 4. The summed E-state index contributed by atoms with van der Waals surface area (Å²) >= 11 is 3.44. The van der Waals surface area contributed by atoms with Crippen molar-refractivity contribution in [2.45, 2.75) is 5.92 Å². The highest BCUT2D eigenvalue weighted by atomic mass is 79.9. The van der Waals surface area contributed by atoms with Crippen LogP contribution in [0.1, 0.15) is 17.0 Å². The van der Waals surface area contributed by atoms with Crippen LogP contribution in [-0.4, -0.2) is 20.4 Å². The summed E-state index contributed by atoms with van der Waals surface area (Å²) in [5.41, 5.74) is 10.7. The van der Waals surface area contributed by atoms with Crippen LogP contribution < -0.4 is 10.5 Å². The highest BCUT2D eigenvalue weighted by Crippen LogP contribution is 2.47. The predicted molar refractivity (Wildman–Crippen MR) is 115 cm³/mol. The average molecular weight is 477 g/mol. The van der Waals surface area contributed by atoms with Crippen LogP contribution in [0.3, 0.4) is 0 Å². The molecule has 4 N–H and O–H groups in total. The van der Waals surface area contributed by atoms with E-state index in [4.69, 9.17) is 10.5 Å². The Morgan fingerprint density at radius 3 is 2.42 bits per heavy atom. The number of nitrogens with zero attached hydrogens (tertiary/aromatic N) is 3. The molecule has 5 rings (SSSR count). The third kappa shape index (κ3) is 3.17. The molecule has 2 aromatic carbocycles. The second kappa shape index (κ2) is 7.41. The van der Waals surface area contributed by atoms with Crippen molar-refractivity contribution in [1.82, 2.24) is 20.4 Å². The fourth-order valence-electron chi connectivity index (χ4n) is 3.75. The molecule has 0 amide bonds. The monoisotopic (exact) mass is 476 g/mol. The van der Waals surface area contributed by atoms with Crippen LogP contribution in [0.15, 0.2) is 70.7 Å². The summed E-state index contributed by atoms with van der Waals surface area (Å²) in [6.07, 6.45) is 1.64. The Morgan fingerprint density at radius 2 is 1.71 bits per heavy atom. The van der Waals surface area contributed by atoms with Crippen molar-refractivity contribution >= 4 is 15.9 Å². The van der Waals surface area contributed by atoms with Crippen LogP contribution in [0, 0.1) is 17.1 Å². The first kappa shape index (κ1) is 19.1. The Morgan fingerprint density at radius 1 is 1.03 bits per heavy atom. The van der Waals surface area contributed by atoms with Crippen LogP contribution in [0.5, 0.6) is 5.88 Å². The maximum absolute atomic E-state index is 13.5. The first-order valence-corrected chi connectivity index (χ1v) is 10.1. The minimum Gasteiger partial charge on any atom is -0.420 e. The third-order valence-electron chi connectivity index (χ3n) is 5.18. The summed E-state index contributed by atoms with van der Waals surface area (Å²) in [6, 6.07) is 15.9. The lowest BCUT2D eigenvalue weighted by Gasteiger charge is -2.24. The van der Waals surface area contributed by atoms with Crippen molar-refractivity contribution in [3.05, 3.63) is 87.6 Å². The summed E-state index contributed by atoms with van der Waals surface area (Å²) < 4.78 is 20.0. The van der Waals surface area contributed by atoms with Gasteiger partial charge in [-0.15, -0.1) is 5.10 Å². The Balaban J connectivity index is 1.72. The normalized spacial score (nSPS) is 15.3. The molecule has 3 heterocycles. The van der Waals surface area contributed by atoms with Crippen molar-refractivity contribution in [1.29, 1.82) is 5.26 Å². The molecule has 1 aliphatic heterocycles. The molecule has 0 bridgehead atoms. The molecule has 0 unspecified atom stereocenters. The molecule has 0 aliphatic carbocycles. The van der Waals surface area contributed by atoms with Crippen LogP contribution in [0.4, 0.5) is 4.39 Å². The molecule has 7 nitrogen and oxygen atoms in total. The highest BCUT2D eigenvalue weighted by molar-refractivity contribution is 9.10. The zero-order chi connectivity index (χ0) is 21.5. The lowest BCUT2D eigenvalue weighted by atomic mass is 9.82. The number of fused-ring (bicyclic) bond motifs is 1. The van der Waals surface area contributed by atoms with Gasteiger partial charge in [-0.25, -0.2) is 4.39 Å². The maximum atomic E-state index is 13.5. The zero-order valence-corrected chi connectivity index (χ0v) is 17.4. The van der Waals surface area contributed by atoms with Crippen molar-refractivity contribution in [3.63, 3.8) is 0 Å². The van der Waals surface area contributed by atoms with E-state index in [1.165, 1.54) is 12.1 Å². The SMILES string of the molecule is N#CC1=C(N)Oc2n[nH]c(-c3ccc(Br)cc3)c2[C@H]1c1cn[nH]c1-c1ccc(F)cc1. The Kier molecular flexibility index (Phi) is 4.56. The van der Waals surface area contributed by atoms with Crippen LogP contribution in [0.25, 0.3) is 22.5 Å².